The van der Waals surface area contributed by atoms with Gasteiger partial charge in [0, 0.05) is 30.0 Å². The number of likely N-dealkylation sites (tertiary alicyclic amines) is 1. The van der Waals surface area contributed by atoms with Crippen LogP contribution in [0.1, 0.15) is 30.8 Å². The second kappa shape index (κ2) is 5.29. The van der Waals surface area contributed by atoms with Crippen molar-refractivity contribution in [1.29, 1.82) is 0 Å². The van der Waals surface area contributed by atoms with Crippen LogP contribution in [0.4, 0.5) is 0 Å². The molecule has 1 aromatic heterocycles. The summed E-state index contributed by atoms with van der Waals surface area (Å²) in [4.78, 5) is 16.3. The van der Waals surface area contributed by atoms with Crippen molar-refractivity contribution in [3.05, 3.63) is 30.0 Å². The lowest BCUT2D eigenvalue weighted by atomic mass is 10.2. The van der Waals surface area contributed by atoms with Crippen LogP contribution in [-0.2, 0) is 0 Å². The largest absolute Gasteiger partial charge is 0.489 e. The Hall–Kier alpha value is -1.81. The van der Waals surface area contributed by atoms with Gasteiger partial charge < -0.3 is 9.72 Å². The highest BCUT2D eigenvalue weighted by Crippen LogP contribution is 2.24. The van der Waals surface area contributed by atoms with Gasteiger partial charge in [0.15, 0.2) is 6.29 Å². The Morgan fingerprint density at radius 2 is 2.25 bits per heavy atom. The van der Waals surface area contributed by atoms with Gasteiger partial charge in [-0.15, -0.1) is 0 Å². The molecule has 1 aliphatic rings. The van der Waals surface area contributed by atoms with Crippen molar-refractivity contribution >= 4 is 17.2 Å². The minimum atomic E-state index is 0.263. The standard InChI is InChI=1S/C16H20N2O2/c1-11(2)18-6-5-15(9-18)20-14-3-4-16-12(8-14)7-13(10-19)17-16/h3-4,7-8,10-11,15,17H,5-6,9H2,1-2H3/t15-/m0/s1. The summed E-state index contributed by atoms with van der Waals surface area (Å²) in [7, 11) is 0. The van der Waals surface area contributed by atoms with E-state index in [9.17, 15) is 4.79 Å². The molecule has 1 atom stereocenters. The third kappa shape index (κ3) is 2.56. The highest BCUT2D eigenvalue weighted by molar-refractivity contribution is 5.88. The van der Waals surface area contributed by atoms with Gasteiger partial charge in [0.25, 0.3) is 0 Å². The predicted molar refractivity (Wildman–Crippen MR) is 79.4 cm³/mol. The van der Waals surface area contributed by atoms with Crippen molar-refractivity contribution in [1.82, 2.24) is 9.88 Å². The van der Waals surface area contributed by atoms with E-state index >= 15 is 0 Å². The van der Waals surface area contributed by atoms with E-state index in [0.29, 0.717) is 11.7 Å². The molecule has 1 fully saturated rings. The van der Waals surface area contributed by atoms with E-state index in [1.54, 1.807) is 0 Å². The molecule has 2 heterocycles. The molecule has 1 saturated heterocycles. The molecule has 106 valence electrons. The third-order valence-electron chi connectivity index (χ3n) is 3.95. The van der Waals surface area contributed by atoms with Crippen LogP contribution < -0.4 is 4.74 Å². The lowest BCUT2D eigenvalue weighted by Gasteiger charge is -2.20. The predicted octanol–water partition coefficient (Wildman–Crippen LogP) is 2.84. The number of hydrogen-bond acceptors (Lipinski definition) is 3. The van der Waals surface area contributed by atoms with Gasteiger partial charge in [0.1, 0.15) is 11.9 Å². The molecule has 1 aromatic carbocycles. The van der Waals surface area contributed by atoms with Crippen molar-refractivity contribution in [2.45, 2.75) is 32.4 Å². The molecular formula is C16H20N2O2. The number of aromatic amines is 1. The average Bonchev–Trinajstić information content (AvgIpc) is 3.04. The van der Waals surface area contributed by atoms with Gasteiger partial charge in [0.05, 0.1) is 5.69 Å². The van der Waals surface area contributed by atoms with Gasteiger partial charge in [-0.1, -0.05) is 0 Å². The number of ether oxygens (including phenoxy) is 1. The fourth-order valence-electron chi connectivity index (χ4n) is 2.78. The molecule has 0 radical (unpaired) electrons. The zero-order valence-corrected chi connectivity index (χ0v) is 11.9. The second-order valence-electron chi connectivity index (χ2n) is 5.71. The van der Waals surface area contributed by atoms with Crippen molar-refractivity contribution in [2.24, 2.45) is 0 Å². The van der Waals surface area contributed by atoms with Gasteiger partial charge in [-0.2, -0.15) is 0 Å². The Bertz CT molecular complexity index is 618. The average molecular weight is 272 g/mol. The summed E-state index contributed by atoms with van der Waals surface area (Å²) in [6.07, 6.45) is 2.17. The number of carbonyl (C=O) groups excluding carboxylic acids is 1. The molecule has 0 amide bonds. The van der Waals surface area contributed by atoms with Crippen LogP contribution in [0.15, 0.2) is 24.3 Å². The normalized spacial score (nSPS) is 19.9. The summed E-state index contributed by atoms with van der Waals surface area (Å²) in [6.45, 7) is 6.52. The van der Waals surface area contributed by atoms with Crippen molar-refractivity contribution in [2.75, 3.05) is 13.1 Å². The fourth-order valence-corrected chi connectivity index (χ4v) is 2.78. The number of benzene rings is 1. The molecule has 1 N–H and O–H groups in total. The van der Waals surface area contributed by atoms with Gasteiger partial charge >= 0.3 is 0 Å². The van der Waals surface area contributed by atoms with Gasteiger partial charge in [-0.05, 0) is 44.5 Å². The molecule has 2 aromatic rings. The SMILES string of the molecule is CC(C)N1CC[C@H](Oc2ccc3[nH]c(C=O)cc3c2)C1. The lowest BCUT2D eigenvalue weighted by Crippen LogP contribution is -2.30. The molecule has 3 rings (SSSR count). The van der Waals surface area contributed by atoms with Crippen molar-refractivity contribution in [3.63, 3.8) is 0 Å². The minimum absolute atomic E-state index is 0.263. The first-order chi connectivity index (χ1) is 9.65. The van der Waals surface area contributed by atoms with Gasteiger partial charge in [-0.3, -0.25) is 9.69 Å². The Morgan fingerprint density at radius 3 is 2.95 bits per heavy atom. The molecule has 0 bridgehead atoms. The third-order valence-corrected chi connectivity index (χ3v) is 3.95. The number of aromatic nitrogens is 1. The summed E-state index contributed by atoms with van der Waals surface area (Å²) in [5, 5.41) is 1.02. The van der Waals surface area contributed by atoms with Gasteiger partial charge in [0.2, 0.25) is 0 Å². The maximum atomic E-state index is 10.8. The zero-order chi connectivity index (χ0) is 14.1. The molecule has 4 heteroatoms. The molecule has 0 aliphatic carbocycles. The van der Waals surface area contributed by atoms with Crippen LogP contribution in [0, 0.1) is 0 Å². The highest BCUT2D eigenvalue weighted by Gasteiger charge is 2.25. The van der Waals surface area contributed by atoms with Crippen molar-refractivity contribution in [3.8, 4) is 5.75 Å². The van der Waals surface area contributed by atoms with Crippen LogP contribution in [0.5, 0.6) is 5.75 Å². The maximum Gasteiger partial charge on any atom is 0.166 e. The monoisotopic (exact) mass is 272 g/mol. The van der Waals surface area contributed by atoms with E-state index in [1.165, 1.54) is 0 Å². The first kappa shape index (κ1) is 13.2. The smallest absolute Gasteiger partial charge is 0.166 e. The van der Waals surface area contributed by atoms with E-state index in [1.807, 2.05) is 24.3 Å². The number of nitrogens with one attached hydrogen (secondary N) is 1. The number of fused-ring (bicyclic) bond motifs is 1. The number of hydrogen-bond donors (Lipinski definition) is 1. The first-order valence-corrected chi connectivity index (χ1v) is 7.14. The second-order valence-corrected chi connectivity index (χ2v) is 5.71. The number of carbonyl (C=O) groups is 1. The maximum absolute atomic E-state index is 10.8. The zero-order valence-electron chi connectivity index (χ0n) is 11.9. The van der Waals surface area contributed by atoms with Crippen LogP contribution in [0.25, 0.3) is 10.9 Å². The molecule has 20 heavy (non-hydrogen) atoms. The van der Waals surface area contributed by atoms with Crippen LogP contribution >= 0.6 is 0 Å². The number of nitrogens with zero attached hydrogens (tertiary/aromatic N) is 1. The lowest BCUT2D eigenvalue weighted by molar-refractivity contribution is 0.112. The summed E-state index contributed by atoms with van der Waals surface area (Å²) < 4.78 is 6.06. The Morgan fingerprint density at radius 1 is 1.40 bits per heavy atom. The molecule has 0 saturated carbocycles. The van der Waals surface area contributed by atoms with Crippen LogP contribution in [-0.4, -0.2) is 41.4 Å². The van der Waals surface area contributed by atoms with E-state index < -0.39 is 0 Å². The van der Waals surface area contributed by atoms with E-state index in [2.05, 4.69) is 23.7 Å². The quantitative estimate of drug-likeness (QED) is 0.870. The first-order valence-electron chi connectivity index (χ1n) is 7.14. The molecule has 1 aliphatic heterocycles. The molecule has 0 spiro atoms. The van der Waals surface area contributed by atoms with E-state index in [0.717, 1.165) is 42.4 Å². The van der Waals surface area contributed by atoms with Crippen molar-refractivity contribution < 1.29 is 9.53 Å². The topological polar surface area (TPSA) is 45.3 Å². The Balaban J connectivity index is 1.73. The molecule has 0 unspecified atom stereocenters. The van der Waals surface area contributed by atoms with Crippen LogP contribution in [0.3, 0.4) is 0 Å². The summed E-state index contributed by atoms with van der Waals surface area (Å²) >= 11 is 0. The number of rotatable bonds is 4. The summed E-state index contributed by atoms with van der Waals surface area (Å²) in [5.41, 5.74) is 1.57. The highest BCUT2D eigenvalue weighted by atomic mass is 16.5. The number of aldehydes is 1. The van der Waals surface area contributed by atoms with Crippen LogP contribution in [0.2, 0.25) is 0 Å². The Labute approximate surface area is 118 Å². The number of H-pyrrole nitrogens is 1. The summed E-state index contributed by atoms with van der Waals surface area (Å²) in [6, 6.07) is 8.35. The summed E-state index contributed by atoms with van der Waals surface area (Å²) in [5.74, 6) is 0.879. The molecular weight excluding hydrogens is 252 g/mol. The Kier molecular flexibility index (Phi) is 3.49. The van der Waals surface area contributed by atoms with E-state index in [4.69, 9.17) is 4.74 Å². The fraction of sp³-hybridized carbons (Fsp3) is 0.438. The molecule has 4 nitrogen and oxygen atoms in total. The van der Waals surface area contributed by atoms with E-state index in [-0.39, 0.29) is 6.10 Å². The van der Waals surface area contributed by atoms with Gasteiger partial charge in [-0.25, -0.2) is 0 Å². The minimum Gasteiger partial charge on any atom is -0.489 e.